The highest BCUT2D eigenvalue weighted by molar-refractivity contribution is 7.90. The standard InChI is InChI=1S/C11H16N4O3S/c1-11(2,3)10-13-9(18-14-10)7-15-6-8(5-12-15)19(4,16)17/h5-6H,7H2,1-4H3. The Morgan fingerprint density at radius 3 is 2.53 bits per heavy atom. The van der Waals surface area contributed by atoms with E-state index in [4.69, 9.17) is 4.52 Å². The quantitative estimate of drug-likeness (QED) is 0.835. The molecule has 2 heterocycles. The minimum Gasteiger partial charge on any atom is -0.337 e. The molecule has 0 fully saturated rings. The smallest absolute Gasteiger partial charge is 0.248 e. The van der Waals surface area contributed by atoms with Crippen LogP contribution in [-0.2, 0) is 21.8 Å². The topological polar surface area (TPSA) is 90.9 Å². The summed E-state index contributed by atoms with van der Waals surface area (Å²) in [7, 11) is -3.24. The maximum absolute atomic E-state index is 11.3. The SMILES string of the molecule is CC(C)(C)c1noc(Cn2cc(S(C)(=O)=O)cn2)n1. The number of hydrogen-bond donors (Lipinski definition) is 0. The zero-order valence-electron chi connectivity index (χ0n) is 11.3. The highest BCUT2D eigenvalue weighted by atomic mass is 32.2. The van der Waals surface area contributed by atoms with Gasteiger partial charge in [-0.1, -0.05) is 25.9 Å². The highest BCUT2D eigenvalue weighted by Crippen LogP contribution is 2.18. The van der Waals surface area contributed by atoms with Crippen molar-refractivity contribution in [1.82, 2.24) is 19.9 Å². The fourth-order valence-corrected chi connectivity index (χ4v) is 1.94. The predicted octanol–water partition coefficient (Wildman–Crippen LogP) is 1.02. The summed E-state index contributed by atoms with van der Waals surface area (Å²) in [5.74, 6) is 1.01. The van der Waals surface area contributed by atoms with Gasteiger partial charge in [0.2, 0.25) is 5.89 Å². The lowest BCUT2D eigenvalue weighted by Crippen LogP contribution is -2.13. The monoisotopic (exact) mass is 284 g/mol. The Morgan fingerprint density at radius 2 is 2.05 bits per heavy atom. The maximum Gasteiger partial charge on any atom is 0.248 e. The second-order valence-electron chi connectivity index (χ2n) is 5.41. The van der Waals surface area contributed by atoms with Crippen LogP contribution in [0.2, 0.25) is 0 Å². The van der Waals surface area contributed by atoms with Gasteiger partial charge in [0.15, 0.2) is 15.7 Å². The molecule has 0 saturated carbocycles. The van der Waals surface area contributed by atoms with Crippen LogP contribution in [0.4, 0.5) is 0 Å². The van der Waals surface area contributed by atoms with Crippen molar-refractivity contribution < 1.29 is 12.9 Å². The van der Waals surface area contributed by atoms with Crippen molar-refractivity contribution in [3.8, 4) is 0 Å². The van der Waals surface area contributed by atoms with Crippen molar-refractivity contribution in [1.29, 1.82) is 0 Å². The van der Waals surface area contributed by atoms with E-state index in [-0.39, 0.29) is 16.9 Å². The van der Waals surface area contributed by atoms with Gasteiger partial charge in [0.05, 0.1) is 6.20 Å². The van der Waals surface area contributed by atoms with E-state index in [1.54, 1.807) is 0 Å². The van der Waals surface area contributed by atoms with Crippen molar-refractivity contribution in [3.05, 3.63) is 24.1 Å². The summed E-state index contributed by atoms with van der Waals surface area (Å²) in [6.45, 7) is 6.20. The van der Waals surface area contributed by atoms with Gasteiger partial charge in [0, 0.05) is 17.9 Å². The van der Waals surface area contributed by atoms with Gasteiger partial charge in [-0.3, -0.25) is 4.68 Å². The fraction of sp³-hybridized carbons (Fsp3) is 0.545. The molecular formula is C11H16N4O3S. The lowest BCUT2D eigenvalue weighted by atomic mass is 9.96. The summed E-state index contributed by atoms with van der Waals surface area (Å²) in [5.41, 5.74) is -0.191. The van der Waals surface area contributed by atoms with Crippen molar-refractivity contribution in [2.45, 2.75) is 37.6 Å². The molecule has 0 spiro atoms. The molecule has 0 aromatic carbocycles. The predicted molar refractivity (Wildman–Crippen MR) is 67.4 cm³/mol. The van der Waals surface area contributed by atoms with Gasteiger partial charge in [-0.2, -0.15) is 10.1 Å². The second kappa shape index (κ2) is 4.44. The molecule has 19 heavy (non-hydrogen) atoms. The molecule has 8 heteroatoms. The summed E-state index contributed by atoms with van der Waals surface area (Å²) in [6, 6.07) is 0. The zero-order chi connectivity index (χ0) is 14.3. The third kappa shape index (κ3) is 3.19. The minimum absolute atomic E-state index is 0.170. The van der Waals surface area contributed by atoms with E-state index in [9.17, 15) is 8.42 Å². The lowest BCUT2D eigenvalue weighted by molar-refractivity contribution is 0.353. The third-order valence-electron chi connectivity index (χ3n) is 2.47. The first-order valence-corrected chi connectivity index (χ1v) is 7.61. The fourth-order valence-electron chi connectivity index (χ4n) is 1.38. The second-order valence-corrected chi connectivity index (χ2v) is 7.42. The maximum atomic E-state index is 11.3. The Bertz CT molecular complexity index is 679. The number of aromatic nitrogens is 4. The van der Waals surface area contributed by atoms with Crippen LogP contribution in [0, 0.1) is 0 Å². The number of nitrogens with zero attached hydrogens (tertiary/aromatic N) is 4. The van der Waals surface area contributed by atoms with Crippen LogP contribution in [0.15, 0.2) is 21.8 Å². The Balaban J connectivity index is 2.18. The van der Waals surface area contributed by atoms with Gasteiger partial charge in [-0.15, -0.1) is 0 Å². The molecule has 7 nitrogen and oxygen atoms in total. The molecule has 0 radical (unpaired) electrons. The van der Waals surface area contributed by atoms with Crippen LogP contribution in [0.5, 0.6) is 0 Å². The van der Waals surface area contributed by atoms with E-state index >= 15 is 0 Å². The number of hydrogen-bond acceptors (Lipinski definition) is 6. The molecule has 0 aliphatic heterocycles. The molecular weight excluding hydrogens is 268 g/mol. The summed E-state index contributed by atoms with van der Waals surface area (Å²) in [4.78, 5) is 4.43. The Kier molecular flexibility index (Phi) is 3.21. The molecule has 0 N–H and O–H groups in total. The van der Waals surface area contributed by atoms with Crippen LogP contribution < -0.4 is 0 Å². The van der Waals surface area contributed by atoms with E-state index in [0.29, 0.717) is 11.7 Å². The molecule has 0 saturated heterocycles. The summed E-state index contributed by atoms with van der Waals surface area (Å²) >= 11 is 0. The zero-order valence-corrected chi connectivity index (χ0v) is 12.1. The summed E-state index contributed by atoms with van der Waals surface area (Å²) in [6.07, 6.45) is 3.88. The Labute approximate surface area is 111 Å². The van der Waals surface area contributed by atoms with Gasteiger partial charge in [-0.05, 0) is 0 Å². The lowest BCUT2D eigenvalue weighted by Gasteiger charge is -2.10. The van der Waals surface area contributed by atoms with Crippen molar-refractivity contribution >= 4 is 9.84 Å². The molecule has 0 unspecified atom stereocenters. The van der Waals surface area contributed by atoms with Crippen molar-refractivity contribution in [2.75, 3.05) is 6.26 Å². The van der Waals surface area contributed by atoms with Gasteiger partial charge >= 0.3 is 0 Å². The number of sulfone groups is 1. The minimum atomic E-state index is -3.24. The van der Waals surface area contributed by atoms with Crippen LogP contribution >= 0.6 is 0 Å². The van der Waals surface area contributed by atoms with E-state index < -0.39 is 9.84 Å². The van der Waals surface area contributed by atoms with Crippen molar-refractivity contribution in [3.63, 3.8) is 0 Å². The van der Waals surface area contributed by atoms with Crippen LogP contribution in [0.3, 0.4) is 0 Å². The molecule has 0 aliphatic rings. The van der Waals surface area contributed by atoms with E-state index in [2.05, 4.69) is 15.2 Å². The van der Waals surface area contributed by atoms with Gasteiger partial charge in [0.25, 0.3) is 0 Å². The Morgan fingerprint density at radius 1 is 1.37 bits per heavy atom. The molecule has 0 aliphatic carbocycles. The van der Waals surface area contributed by atoms with Crippen LogP contribution in [0.25, 0.3) is 0 Å². The number of rotatable bonds is 3. The largest absolute Gasteiger partial charge is 0.337 e. The molecule has 2 aromatic heterocycles. The van der Waals surface area contributed by atoms with Crippen LogP contribution in [0.1, 0.15) is 32.5 Å². The first-order valence-electron chi connectivity index (χ1n) is 5.72. The van der Waals surface area contributed by atoms with Crippen molar-refractivity contribution in [2.24, 2.45) is 0 Å². The summed E-state index contributed by atoms with van der Waals surface area (Å²) < 4.78 is 29.2. The van der Waals surface area contributed by atoms with Crippen LogP contribution in [-0.4, -0.2) is 34.6 Å². The average Bonchev–Trinajstić information content (AvgIpc) is 2.84. The van der Waals surface area contributed by atoms with Gasteiger partial charge in [0.1, 0.15) is 11.4 Å². The van der Waals surface area contributed by atoms with E-state index in [0.717, 1.165) is 6.26 Å². The molecule has 2 rings (SSSR count). The Hall–Kier alpha value is -1.70. The summed E-state index contributed by atoms with van der Waals surface area (Å²) in [5, 5.41) is 7.85. The highest BCUT2D eigenvalue weighted by Gasteiger charge is 2.21. The van der Waals surface area contributed by atoms with Gasteiger partial charge in [-0.25, -0.2) is 8.42 Å². The normalized spacial score (nSPS) is 12.8. The molecule has 2 aromatic rings. The first-order chi connectivity index (χ1) is 8.66. The van der Waals surface area contributed by atoms with E-state index in [1.807, 2.05) is 20.8 Å². The molecule has 0 amide bonds. The van der Waals surface area contributed by atoms with Gasteiger partial charge < -0.3 is 4.52 Å². The first kappa shape index (κ1) is 13.7. The third-order valence-corrected chi connectivity index (χ3v) is 3.54. The van der Waals surface area contributed by atoms with E-state index in [1.165, 1.54) is 17.1 Å². The molecule has 0 atom stereocenters. The average molecular weight is 284 g/mol. The molecule has 104 valence electrons. The molecule has 0 bridgehead atoms.